The lowest BCUT2D eigenvalue weighted by Gasteiger charge is -2.04. The van der Waals surface area contributed by atoms with Crippen molar-refractivity contribution in [1.82, 2.24) is 15.4 Å². The summed E-state index contributed by atoms with van der Waals surface area (Å²) in [5, 5.41) is 11.2. The van der Waals surface area contributed by atoms with Gasteiger partial charge in [0.2, 0.25) is 0 Å². The lowest BCUT2D eigenvalue weighted by Crippen LogP contribution is -2.17. The third-order valence-corrected chi connectivity index (χ3v) is 5.72. The van der Waals surface area contributed by atoms with Crippen LogP contribution in [0.2, 0.25) is 0 Å². The van der Waals surface area contributed by atoms with E-state index in [0.717, 1.165) is 38.5 Å². The summed E-state index contributed by atoms with van der Waals surface area (Å²) in [4.78, 5) is 20.2. The van der Waals surface area contributed by atoms with Crippen LogP contribution in [0.25, 0.3) is 22.2 Å². The summed E-state index contributed by atoms with van der Waals surface area (Å²) in [7, 11) is 0. The van der Waals surface area contributed by atoms with E-state index in [4.69, 9.17) is 0 Å². The maximum Gasteiger partial charge on any atom is 0.271 e. The standard InChI is InChI=1S/C25H19N5OS/c31-24(30-27-15-19-14-26-22-9-5-4-8-21(19)22)18-10-12-20(13-11-18)28-25-29-23(16-32-25)17-6-2-1-3-7-17/h1-16,26H,(H,28,29)(H,30,31)/b27-15-. The Hall–Kier alpha value is -4.23. The van der Waals surface area contributed by atoms with Crippen molar-refractivity contribution in [2.24, 2.45) is 5.10 Å². The van der Waals surface area contributed by atoms with Crippen molar-refractivity contribution < 1.29 is 4.79 Å². The van der Waals surface area contributed by atoms with E-state index in [9.17, 15) is 4.79 Å². The molecule has 5 aromatic rings. The van der Waals surface area contributed by atoms with E-state index >= 15 is 0 Å². The van der Waals surface area contributed by atoms with Crippen LogP contribution in [0.5, 0.6) is 0 Å². The minimum atomic E-state index is -0.270. The molecule has 0 saturated heterocycles. The predicted molar refractivity (Wildman–Crippen MR) is 131 cm³/mol. The Morgan fingerprint density at radius 2 is 1.75 bits per heavy atom. The Morgan fingerprint density at radius 1 is 0.969 bits per heavy atom. The van der Waals surface area contributed by atoms with Gasteiger partial charge in [0.05, 0.1) is 11.9 Å². The molecule has 7 heteroatoms. The molecule has 1 amide bonds. The molecular weight excluding hydrogens is 418 g/mol. The Balaban J connectivity index is 1.21. The maximum atomic E-state index is 12.4. The molecule has 0 atom stereocenters. The Kier molecular flexibility index (Phi) is 5.47. The van der Waals surface area contributed by atoms with Gasteiger partial charge in [-0.05, 0) is 30.3 Å². The highest BCUT2D eigenvalue weighted by Crippen LogP contribution is 2.27. The SMILES string of the molecule is O=C(N/N=C\c1c[nH]c2ccccc12)c1ccc(Nc2nc(-c3ccccc3)cs2)cc1. The third kappa shape index (κ3) is 4.28. The summed E-state index contributed by atoms with van der Waals surface area (Å²) in [5.74, 6) is -0.270. The first-order chi connectivity index (χ1) is 15.8. The number of rotatable bonds is 6. The molecule has 0 radical (unpaired) electrons. The van der Waals surface area contributed by atoms with Crippen LogP contribution < -0.4 is 10.7 Å². The molecule has 0 bridgehead atoms. The Bertz CT molecular complexity index is 1390. The molecule has 5 rings (SSSR count). The van der Waals surface area contributed by atoms with Gasteiger partial charge in [0.1, 0.15) is 0 Å². The molecule has 3 aromatic carbocycles. The van der Waals surface area contributed by atoms with Crippen LogP contribution in [0.3, 0.4) is 0 Å². The van der Waals surface area contributed by atoms with E-state index in [-0.39, 0.29) is 5.91 Å². The quantitative estimate of drug-likeness (QED) is 0.232. The summed E-state index contributed by atoms with van der Waals surface area (Å²) < 4.78 is 0. The first kappa shape index (κ1) is 19.7. The second-order valence-corrected chi connectivity index (χ2v) is 7.95. The summed E-state index contributed by atoms with van der Waals surface area (Å²) in [6, 6.07) is 25.2. The molecule has 3 N–H and O–H groups in total. The molecule has 32 heavy (non-hydrogen) atoms. The number of benzene rings is 3. The highest BCUT2D eigenvalue weighted by atomic mass is 32.1. The summed E-state index contributed by atoms with van der Waals surface area (Å²) in [6.07, 6.45) is 3.50. The van der Waals surface area contributed by atoms with E-state index in [1.165, 1.54) is 11.3 Å². The van der Waals surface area contributed by atoms with Crippen LogP contribution in [0.1, 0.15) is 15.9 Å². The molecule has 0 aliphatic heterocycles. The second-order valence-electron chi connectivity index (χ2n) is 7.10. The molecule has 2 aromatic heterocycles. The predicted octanol–water partition coefficient (Wildman–Crippen LogP) is 5.80. The van der Waals surface area contributed by atoms with Gasteiger partial charge in [0, 0.05) is 44.9 Å². The molecule has 2 heterocycles. The number of hydrazone groups is 1. The average Bonchev–Trinajstić information content (AvgIpc) is 3.47. The normalized spacial score (nSPS) is 11.1. The van der Waals surface area contributed by atoms with E-state index in [2.05, 4.69) is 25.8 Å². The zero-order chi connectivity index (χ0) is 21.8. The van der Waals surface area contributed by atoms with Gasteiger partial charge in [-0.15, -0.1) is 11.3 Å². The second kappa shape index (κ2) is 8.87. The molecule has 0 fully saturated rings. The number of hydrogen-bond donors (Lipinski definition) is 3. The van der Waals surface area contributed by atoms with Crippen LogP contribution in [0.15, 0.2) is 95.5 Å². The monoisotopic (exact) mass is 437 g/mol. The number of H-pyrrole nitrogens is 1. The Labute approximate surface area is 188 Å². The molecule has 0 aliphatic carbocycles. The number of carbonyl (C=O) groups is 1. The van der Waals surface area contributed by atoms with Gasteiger partial charge < -0.3 is 10.3 Å². The fourth-order valence-electron chi connectivity index (χ4n) is 3.33. The van der Waals surface area contributed by atoms with Crippen LogP contribution in [-0.2, 0) is 0 Å². The van der Waals surface area contributed by atoms with Gasteiger partial charge in [-0.2, -0.15) is 5.10 Å². The van der Waals surface area contributed by atoms with Gasteiger partial charge in [-0.25, -0.2) is 10.4 Å². The third-order valence-electron chi connectivity index (χ3n) is 4.96. The summed E-state index contributed by atoms with van der Waals surface area (Å²) in [5.41, 5.74) is 7.92. The number of nitrogens with one attached hydrogen (secondary N) is 3. The molecule has 0 unspecified atom stereocenters. The summed E-state index contributed by atoms with van der Waals surface area (Å²) in [6.45, 7) is 0. The van der Waals surface area contributed by atoms with Crippen molar-refractivity contribution in [3.8, 4) is 11.3 Å². The van der Waals surface area contributed by atoms with Gasteiger partial charge >= 0.3 is 0 Å². The number of aromatic nitrogens is 2. The van der Waals surface area contributed by atoms with Crippen LogP contribution >= 0.6 is 11.3 Å². The van der Waals surface area contributed by atoms with Gasteiger partial charge in [0.25, 0.3) is 5.91 Å². The van der Waals surface area contributed by atoms with Crippen molar-refractivity contribution in [2.45, 2.75) is 0 Å². The number of carbonyl (C=O) groups excluding carboxylic acids is 1. The lowest BCUT2D eigenvalue weighted by atomic mass is 10.2. The number of anilines is 2. The fraction of sp³-hybridized carbons (Fsp3) is 0. The van der Waals surface area contributed by atoms with E-state index < -0.39 is 0 Å². The number of fused-ring (bicyclic) bond motifs is 1. The summed E-state index contributed by atoms with van der Waals surface area (Å²) >= 11 is 1.54. The number of amides is 1. The smallest absolute Gasteiger partial charge is 0.271 e. The first-order valence-electron chi connectivity index (χ1n) is 10.0. The fourth-order valence-corrected chi connectivity index (χ4v) is 4.07. The van der Waals surface area contributed by atoms with E-state index in [1.54, 1.807) is 18.3 Å². The van der Waals surface area contributed by atoms with E-state index in [1.807, 2.05) is 78.3 Å². The van der Waals surface area contributed by atoms with Gasteiger partial charge in [-0.1, -0.05) is 48.5 Å². The molecule has 0 spiro atoms. The highest BCUT2D eigenvalue weighted by Gasteiger charge is 2.07. The van der Waals surface area contributed by atoms with Crippen LogP contribution in [-0.4, -0.2) is 22.1 Å². The lowest BCUT2D eigenvalue weighted by molar-refractivity contribution is 0.0955. The minimum Gasteiger partial charge on any atom is -0.361 e. The largest absolute Gasteiger partial charge is 0.361 e. The molecule has 156 valence electrons. The van der Waals surface area contributed by atoms with Crippen molar-refractivity contribution in [2.75, 3.05) is 5.32 Å². The van der Waals surface area contributed by atoms with Gasteiger partial charge in [-0.3, -0.25) is 4.79 Å². The van der Waals surface area contributed by atoms with E-state index in [0.29, 0.717) is 5.56 Å². The van der Waals surface area contributed by atoms with Crippen molar-refractivity contribution in [1.29, 1.82) is 0 Å². The van der Waals surface area contributed by atoms with Gasteiger partial charge in [0.15, 0.2) is 5.13 Å². The number of hydrogen-bond acceptors (Lipinski definition) is 5. The molecular formula is C25H19N5OS. The van der Waals surface area contributed by atoms with Crippen molar-refractivity contribution in [3.05, 3.63) is 102 Å². The number of nitrogens with zero attached hydrogens (tertiary/aromatic N) is 2. The molecule has 6 nitrogen and oxygen atoms in total. The zero-order valence-electron chi connectivity index (χ0n) is 16.9. The first-order valence-corrected chi connectivity index (χ1v) is 10.9. The number of para-hydroxylation sites is 1. The maximum absolute atomic E-state index is 12.4. The Morgan fingerprint density at radius 3 is 2.59 bits per heavy atom. The minimum absolute atomic E-state index is 0.270. The topological polar surface area (TPSA) is 82.2 Å². The van der Waals surface area contributed by atoms with Crippen LogP contribution in [0, 0.1) is 0 Å². The highest BCUT2D eigenvalue weighted by molar-refractivity contribution is 7.14. The van der Waals surface area contributed by atoms with Crippen LogP contribution in [0.4, 0.5) is 10.8 Å². The number of thiazole rings is 1. The average molecular weight is 438 g/mol. The molecule has 0 saturated carbocycles. The molecule has 0 aliphatic rings. The number of aromatic amines is 1. The van der Waals surface area contributed by atoms with Crippen molar-refractivity contribution in [3.63, 3.8) is 0 Å². The van der Waals surface area contributed by atoms with Crippen molar-refractivity contribution >= 4 is 45.2 Å². The zero-order valence-corrected chi connectivity index (χ0v) is 17.8.